The number of rotatable bonds is 6. The van der Waals surface area contributed by atoms with Gasteiger partial charge in [0.05, 0.1) is 6.61 Å². The topological polar surface area (TPSA) is 21.3 Å². The zero-order valence-corrected chi connectivity index (χ0v) is 13.5. The molecule has 1 atom stereocenters. The van der Waals surface area contributed by atoms with E-state index in [-0.39, 0.29) is 0 Å². The van der Waals surface area contributed by atoms with Gasteiger partial charge in [0.2, 0.25) is 0 Å². The van der Waals surface area contributed by atoms with E-state index in [0.717, 1.165) is 16.8 Å². The summed E-state index contributed by atoms with van der Waals surface area (Å²) in [5, 5.41) is 3.53. The maximum absolute atomic E-state index is 5.44. The van der Waals surface area contributed by atoms with Crippen LogP contribution in [0.2, 0.25) is 0 Å². The SMILES string of the molecule is CCOc1ccc(CNC(C)c2ccc(Br)cc2)cc1. The van der Waals surface area contributed by atoms with Crippen LogP contribution in [-0.4, -0.2) is 6.61 Å². The van der Waals surface area contributed by atoms with Crippen LogP contribution in [-0.2, 0) is 6.54 Å². The average Bonchev–Trinajstić information content (AvgIpc) is 2.47. The predicted octanol–water partition coefficient (Wildman–Crippen LogP) is 4.70. The molecule has 1 N–H and O–H groups in total. The molecule has 20 heavy (non-hydrogen) atoms. The maximum atomic E-state index is 5.44. The smallest absolute Gasteiger partial charge is 0.119 e. The van der Waals surface area contributed by atoms with Crippen molar-refractivity contribution in [2.24, 2.45) is 0 Å². The van der Waals surface area contributed by atoms with Crippen molar-refractivity contribution in [1.82, 2.24) is 5.32 Å². The van der Waals surface area contributed by atoms with Crippen LogP contribution in [0.15, 0.2) is 53.0 Å². The summed E-state index contributed by atoms with van der Waals surface area (Å²) in [6.07, 6.45) is 0. The normalized spacial score (nSPS) is 12.2. The Morgan fingerprint density at radius 1 is 1.05 bits per heavy atom. The summed E-state index contributed by atoms with van der Waals surface area (Å²) in [4.78, 5) is 0. The third kappa shape index (κ3) is 4.36. The Morgan fingerprint density at radius 3 is 2.30 bits per heavy atom. The summed E-state index contributed by atoms with van der Waals surface area (Å²) in [6.45, 7) is 5.73. The molecule has 0 fully saturated rings. The van der Waals surface area contributed by atoms with Crippen LogP contribution in [0, 0.1) is 0 Å². The average molecular weight is 334 g/mol. The van der Waals surface area contributed by atoms with Gasteiger partial charge in [0.15, 0.2) is 0 Å². The second-order valence-electron chi connectivity index (χ2n) is 4.73. The number of nitrogens with one attached hydrogen (secondary N) is 1. The quantitative estimate of drug-likeness (QED) is 0.827. The third-order valence-corrected chi connectivity index (χ3v) is 3.75. The molecule has 0 aliphatic heterocycles. The molecular formula is C17H20BrNO. The molecule has 2 aromatic rings. The van der Waals surface area contributed by atoms with Crippen molar-refractivity contribution in [3.05, 3.63) is 64.1 Å². The van der Waals surface area contributed by atoms with Crippen molar-refractivity contribution >= 4 is 15.9 Å². The summed E-state index contributed by atoms with van der Waals surface area (Å²) in [6, 6.07) is 17.0. The first kappa shape index (κ1) is 15.1. The molecule has 106 valence electrons. The predicted molar refractivity (Wildman–Crippen MR) is 87.0 cm³/mol. The van der Waals surface area contributed by atoms with E-state index in [4.69, 9.17) is 4.74 Å². The van der Waals surface area contributed by atoms with E-state index in [1.807, 2.05) is 19.1 Å². The van der Waals surface area contributed by atoms with Crippen LogP contribution >= 0.6 is 15.9 Å². The highest BCUT2D eigenvalue weighted by molar-refractivity contribution is 9.10. The van der Waals surface area contributed by atoms with Gasteiger partial charge in [-0.2, -0.15) is 0 Å². The van der Waals surface area contributed by atoms with Gasteiger partial charge in [-0.25, -0.2) is 0 Å². The fourth-order valence-electron chi connectivity index (χ4n) is 2.01. The Morgan fingerprint density at radius 2 is 1.70 bits per heavy atom. The van der Waals surface area contributed by atoms with Gasteiger partial charge < -0.3 is 10.1 Å². The highest BCUT2D eigenvalue weighted by Gasteiger charge is 2.04. The largest absolute Gasteiger partial charge is 0.494 e. The fraction of sp³-hybridized carbons (Fsp3) is 0.294. The van der Waals surface area contributed by atoms with Crippen molar-refractivity contribution in [2.45, 2.75) is 26.4 Å². The summed E-state index contributed by atoms with van der Waals surface area (Å²) in [5.74, 6) is 0.928. The first-order valence-electron chi connectivity index (χ1n) is 6.89. The standard InChI is InChI=1S/C17H20BrNO/c1-3-20-17-10-4-14(5-11-17)12-19-13(2)15-6-8-16(18)9-7-15/h4-11,13,19H,3,12H2,1-2H3. The van der Waals surface area contributed by atoms with Crippen molar-refractivity contribution in [3.63, 3.8) is 0 Å². The monoisotopic (exact) mass is 333 g/mol. The molecule has 1 unspecified atom stereocenters. The van der Waals surface area contributed by atoms with Crippen LogP contribution in [0.3, 0.4) is 0 Å². The lowest BCUT2D eigenvalue weighted by molar-refractivity contribution is 0.340. The molecule has 0 heterocycles. The Balaban J connectivity index is 1.89. The van der Waals surface area contributed by atoms with E-state index in [1.165, 1.54) is 11.1 Å². The minimum atomic E-state index is 0.328. The van der Waals surface area contributed by atoms with Crippen molar-refractivity contribution in [2.75, 3.05) is 6.61 Å². The lowest BCUT2D eigenvalue weighted by Crippen LogP contribution is -2.17. The summed E-state index contributed by atoms with van der Waals surface area (Å²) in [5.41, 5.74) is 2.55. The summed E-state index contributed by atoms with van der Waals surface area (Å²) >= 11 is 3.46. The van der Waals surface area contributed by atoms with Gasteiger partial charge in [0, 0.05) is 17.1 Å². The highest BCUT2D eigenvalue weighted by Crippen LogP contribution is 2.17. The number of hydrogen-bond acceptors (Lipinski definition) is 2. The summed E-state index contributed by atoms with van der Waals surface area (Å²) in [7, 11) is 0. The zero-order valence-electron chi connectivity index (χ0n) is 11.9. The number of benzene rings is 2. The first-order chi connectivity index (χ1) is 9.69. The van der Waals surface area contributed by atoms with Crippen LogP contribution in [0.5, 0.6) is 5.75 Å². The van der Waals surface area contributed by atoms with E-state index in [2.05, 4.69) is 64.6 Å². The van der Waals surface area contributed by atoms with Crippen molar-refractivity contribution < 1.29 is 4.74 Å². The minimum Gasteiger partial charge on any atom is -0.494 e. The Hall–Kier alpha value is -1.32. The van der Waals surface area contributed by atoms with Crippen LogP contribution in [0.25, 0.3) is 0 Å². The molecule has 2 rings (SSSR count). The Bertz CT molecular complexity index is 522. The molecule has 0 aliphatic carbocycles. The van der Waals surface area contributed by atoms with E-state index in [0.29, 0.717) is 12.6 Å². The Kier molecular flexibility index (Phi) is 5.62. The van der Waals surface area contributed by atoms with E-state index < -0.39 is 0 Å². The van der Waals surface area contributed by atoms with Crippen LogP contribution in [0.4, 0.5) is 0 Å². The Labute approximate surface area is 129 Å². The second kappa shape index (κ2) is 7.46. The third-order valence-electron chi connectivity index (χ3n) is 3.22. The molecule has 0 saturated carbocycles. The highest BCUT2D eigenvalue weighted by atomic mass is 79.9. The van der Waals surface area contributed by atoms with Crippen LogP contribution < -0.4 is 10.1 Å². The molecule has 3 heteroatoms. The van der Waals surface area contributed by atoms with Gasteiger partial charge in [-0.3, -0.25) is 0 Å². The molecule has 0 aliphatic rings. The fourth-order valence-corrected chi connectivity index (χ4v) is 2.27. The molecule has 0 radical (unpaired) electrons. The van der Waals surface area contributed by atoms with Gasteiger partial charge in [-0.1, -0.05) is 40.2 Å². The van der Waals surface area contributed by atoms with Crippen molar-refractivity contribution in [1.29, 1.82) is 0 Å². The van der Waals surface area contributed by atoms with Gasteiger partial charge in [-0.05, 0) is 49.2 Å². The molecule has 0 amide bonds. The van der Waals surface area contributed by atoms with Crippen molar-refractivity contribution in [3.8, 4) is 5.75 Å². The van der Waals surface area contributed by atoms with Gasteiger partial charge in [0.1, 0.15) is 5.75 Å². The molecule has 0 aromatic heterocycles. The molecule has 0 bridgehead atoms. The maximum Gasteiger partial charge on any atom is 0.119 e. The lowest BCUT2D eigenvalue weighted by atomic mass is 10.1. The number of halogens is 1. The lowest BCUT2D eigenvalue weighted by Gasteiger charge is -2.14. The van der Waals surface area contributed by atoms with E-state index in [1.54, 1.807) is 0 Å². The van der Waals surface area contributed by atoms with Gasteiger partial charge in [-0.15, -0.1) is 0 Å². The molecule has 0 spiro atoms. The zero-order chi connectivity index (χ0) is 14.4. The van der Waals surface area contributed by atoms with Gasteiger partial charge >= 0.3 is 0 Å². The van der Waals surface area contributed by atoms with E-state index in [9.17, 15) is 0 Å². The van der Waals surface area contributed by atoms with E-state index >= 15 is 0 Å². The molecule has 2 aromatic carbocycles. The molecule has 2 nitrogen and oxygen atoms in total. The number of ether oxygens (including phenoxy) is 1. The van der Waals surface area contributed by atoms with Gasteiger partial charge in [0.25, 0.3) is 0 Å². The first-order valence-corrected chi connectivity index (χ1v) is 7.69. The number of hydrogen-bond donors (Lipinski definition) is 1. The minimum absolute atomic E-state index is 0.328. The molecule has 0 saturated heterocycles. The van der Waals surface area contributed by atoms with Crippen LogP contribution in [0.1, 0.15) is 31.0 Å². The summed E-state index contributed by atoms with van der Waals surface area (Å²) < 4.78 is 6.55. The second-order valence-corrected chi connectivity index (χ2v) is 5.65. The molecular weight excluding hydrogens is 314 g/mol.